The minimum absolute atomic E-state index is 0.162. The van der Waals surface area contributed by atoms with Gasteiger partial charge < -0.3 is 4.57 Å². The minimum Gasteiger partial charge on any atom is -0.310 e. The van der Waals surface area contributed by atoms with E-state index in [2.05, 4.69) is 21.1 Å². The summed E-state index contributed by atoms with van der Waals surface area (Å²) in [6.07, 6.45) is 0.594. The van der Waals surface area contributed by atoms with E-state index in [9.17, 15) is 14.5 Å². The number of carbonyl (C=O) groups excluding carboxylic acids is 1. The van der Waals surface area contributed by atoms with Crippen LogP contribution >= 0.6 is 27.5 Å². The predicted molar refractivity (Wildman–Crippen MR) is 88.4 cm³/mol. The summed E-state index contributed by atoms with van der Waals surface area (Å²) >= 11 is 9.27. The lowest BCUT2D eigenvalue weighted by molar-refractivity contribution is 0.100. The van der Waals surface area contributed by atoms with Gasteiger partial charge in [-0.05, 0) is 53.0 Å². The van der Waals surface area contributed by atoms with Crippen LogP contribution in [0, 0.1) is 11.8 Å². The molecule has 2 rings (SSSR count). The minimum atomic E-state index is -0.794. The molecule has 0 aliphatic heterocycles. The average molecular weight is 384 g/mol. The van der Waals surface area contributed by atoms with Gasteiger partial charge in [0.15, 0.2) is 0 Å². The maximum Gasteiger partial charge on any atom is 0.316 e. The second-order valence-corrected chi connectivity index (χ2v) is 5.99. The standard InChI is InChI=1S/C15H12BrClN2O3/c1-9-12(16)8-13(17)15(21)19(9)7-6-10-2-4-11(5-3-10)14(20)18-22/h2-5,8H,6-7H2,1H3. The van der Waals surface area contributed by atoms with Gasteiger partial charge >= 0.3 is 5.91 Å². The van der Waals surface area contributed by atoms with Crippen LogP contribution < -0.4 is 5.56 Å². The molecule has 114 valence electrons. The lowest BCUT2D eigenvalue weighted by Crippen LogP contribution is -2.24. The fraction of sp³-hybridized carbons (Fsp3) is 0.200. The quantitative estimate of drug-likeness (QED) is 0.756. The first-order valence-corrected chi connectivity index (χ1v) is 7.63. The number of hydrogen-bond acceptors (Lipinski definition) is 3. The van der Waals surface area contributed by atoms with Crippen LogP contribution in [0.15, 0.2) is 44.8 Å². The summed E-state index contributed by atoms with van der Waals surface area (Å²) in [4.78, 5) is 33.4. The van der Waals surface area contributed by atoms with E-state index in [0.29, 0.717) is 13.0 Å². The van der Waals surface area contributed by atoms with Crippen molar-refractivity contribution in [2.75, 3.05) is 0 Å². The Labute approximate surface area is 140 Å². The van der Waals surface area contributed by atoms with Crippen molar-refractivity contribution in [3.05, 3.63) is 71.9 Å². The number of hydrogen-bond donors (Lipinski definition) is 0. The van der Waals surface area contributed by atoms with Gasteiger partial charge in [0.05, 0.1) is 0 Å². The first-order valence-electron chi connectivity index (χ1n) is 6.46. The Bertz CT molecular complexity index is 785. The van der Waals surface area contributed by atoms with Gasteiger partial charge in [-0.1, -0.05) is 23.7 Å². The fourth-order valence-electron chi connectivity index (χ4n) is 2.06. The fourth-order valence-corrected chi connectivity index (χ4v) is 2.85. The van der Waals surface area contributed by atoms with Crippen LogP contribution in [0.1, 0.15) is 21.6 Å². The van der Waals surface area contributed by atoms with Crippen molar-refractivity contribution in [2.24, 2.45) is 5.18 Å². The first-order chi connectivity index (χ1) is 10.4. The molecule has 1 aromatic carbocycles. The van der Waals surface area contributed by atoms with Crippen molar-refractivity contribution in [3.8, 4) is 0 Å². The number of carbonyl (C=O) groups is 1. The molecule has 1 amide bonds. The Kier molecular flexibility index (Phi) is 5.26. The summed E-state index contributed by atoms with van der Waals surface area (Å²) in [6, 6.07) is 8.14. The molecular weight excluding hydrogens is 372 g/mol. The molecule has 2 aromatic rings. The monoisotopic (exact) mass is 382 g/mol. The molecule has 0 bridgehead atoms. The second kappa shape index (κ2) is 6.98. The van der Waals surface area contributed by atoms with Crippen molar-refractivity contribution in [1.29, 1.82) is 0 Å². The number of aryl methyl sites for hydroxylation is 1. The number of amides is 1. The molecule has 0 unspecified atom stereocenters. The highest BCUT2D eigenvalue weighted by Crippen LogP contribution is 2.18. The van der Waals surface area contributed by atoms with Crippen LogP contribution in [0.25, 0.3) is 0 Å². The van der Waals surface area contributed by atoms with Crippen molar-refractivity contribution in [1.82, 2.24) is 4.57 Å². The summed E-state index contributed by atoms with van der Waals surface area (Å²) in [6.45, 7) is 2.29. The second-order valence-electron chi connectivity index (χ2n) is 4.73. The largest absolute Gasteiger partial charge is 0.316 e. The van der Waals surface area contributed by atoms with Crippen LogP contribution in [0.3, 0.4) is 0 Å². The highest BCUT2D eigenvalue weighted by molar-refractivity contribution is 9.10. The van der Waals surface area contributed by atoms with E-state index in [1.165, 1.54) is 0 Å². The molecule has 1 aromatic heterocycles. The number of nitrogens with zero attached hydrogens (tertiary/aromatic N) is 2. The Morgan fingerprint density at radius 3 is 2.55 bits per heavy atom. The van der Waals surface area contributed by atoms with Crippen LogP contribution in [0.4, 0.5) is 0 Å². The summed E-state index contributed by atoms with van der Waals surface area (Å²) < 4.78 is 2.37. The van der Waals surface area contributed by atoms with Gasteiger partial charge in [-0.2, -0.15) is 0 Å². The summed E-state index contributed by atoms with van der Waals surface area (Å²) in [5.74, 6) is -0.794. The molecule has 0 aliphatic carbocycles. The molecule has 1 heterocycles. The highest BCUT2D eigenvalue weighted by Gasteiger charge is 2.09. The van der Waals surface area contributed by atoms with E-state index in [1.54, 1.807) is 34.9 Å². The van der Waals surface area contributed by atoms with Crippen LogP contribution in [0.5, 0.6) is 0 Å². The number of halogens is 2. The van der Waals surface area contributed by atoms with E-state index in [-0.39, 0.29) is 16.1 Å². The van der Waals surface area contributed by atoms with Gasteiger partial charge in [-0.15, -0.1) is 4.91 Å². The van der Waals surface area contributed by atoms with E-state index in [4.69, 9.17) is 11.6 Å². The molecule has 0 saturated heterocycles. The van der Waals surface area contributed by atoms with Crippen molar-refractivity contribution in [3.63, 3.8) is 0 Å². The highest BCUT2D eigenvalue weighted by atomic mass is 79.9. The topological polar surface area (TPSA) is 68.5 Å². The SMILES string of the molecule is Cc1c(Br)cc(Cl)c(=O)n1CCc1ccc(C(=O)N=O)cc1. The van der Waals surface area contributed by atoms with Crippen LogP contribution in [-0.2, 0) is 13.0 Å². The Morgan fingerprint density at radius 1 is 1.32 bits per heavy atom. The van der Waals surface area contributed by atoms with Crippen LogP contribution in [0.2, 0.25) is 5.02 Å². The smallest absolute Gasteiger partial charge is 0.310 e. The van der Waals surface area contributed by atoms with E-state index < -0.39 is 5.91 Å². The number of aromatic nitrogens is 1. The van der Waals surface area contributed by atoms with Gasteiger partial charge in [0.25, 0.3) is 5.56 Å². The third-order valence-electron chi connectivity index (χ3n) is 3.36. The molecule has 0 atom stereocenters. The molecule has 7 heteroatoms. The number of rotatable bonds is 4. The van der Waals surface area contributed by atoms with Gasteiger partial charge in [0, 0.05) is 27.5 Å². The Hall–Kier alpha value is -1.79. The molecule has 0 N–H and O–H groups in total. The summed E-state index contributed by atoms with van der Waals surface area (Å²) in [5.41, 5.74) is 1.74. The molecule has 0 aliphatic rings. The van der Waals surface area contributed by atoms with Gasteiger partial charge in [-0.25, -0.2) is 0 Å². The van der Waals surface area contributed by atoms with E-state index in [1.807, 2.05) is 6.92 Å². The lowest BCUT2D eigenvalue weighted by Gasteiger charge is -2.12. The zero-order chi connectivity index (χ0) is 16.3. The zero-order valence-electron chi connectivity index (χ0n) is 11.7. The molecule has 0 fully saturated rings. The maximum absolute atomic E-state index is 12.1. The number of benzene rings is 1. The van der Waals surface area contributed by atoms with E-state index in [0.717, 1.165) is 15.7 Å². The third kappa shape index (κ3) is 3.51. The summed E-state index contributed by atoms with van der Waals surface area (Å²) in [5, 5.41) is 2.53. The molecule has 22 heavy (non-hydrogen) atoms. The number of nitroso groups, excluding NO2 is 1. The summed E-state index contributed by atoms with van der Waals surface area (Å²) in [7, 11) is 0. The number of pyridine rings is 1. The molecule has 5 nitrogen and oxygen atoms in total. The average Bonchev–Trinajstić information content (AvgIpc) is 2.53. The zero-order valence-corrected chi connectivity index (χ0v) is 14.0. The Morgan fingerprint density at radius 2 is 1.95 bits per heavy atom. The molecular formula is C15H12BrClN2O3. The van der Waals surface area contributed by atoms with Crippen molar-refractivity contribution >= 4 is 33.4 Å². The first kappa shape index (κ1) is 16.6. The lowest BCUT2D eigenvalue weighted by atomic mass is 10.1. The Balaban J connectivity index is 2.19. The van der Waals surface area contributed by atoms with Crippen LogP contribution in [-0.4, -0.2) is 10.5 Å². The van der Waals surface area contributed by atoms with Gasteiger partial charge in [0.2, 0.25) is 0 Å². The normalized spacial score (nSPS) is 10.5. The van der Waals surface area contributed by atoms with Crippen molar-refractivity contribution < 1.29 is 4.79 Å². The van der Waals surface area contributed by atoms with Gasteiger partial charge in [-0.3, -0.25) is 9.59 Å². The molecule has 0 saturated carbocycles. The van der Waals surface area contributed by atoms with Crippen molar-refractivity contribution in [2.45, 2.75) is 19.9 Å². The molecule has 0 radical (unpaired) electrons. The van der Waals surface area contributed by atoms with E-state index >= 15 is 0 Å². The maximum atomic E-state index is 12.1. The predicted octanol–water partition coefficient (Wildman–Crippen LogP) is 3.72. The molecule has 0 spiro atoms. The third-order valence-corrected chi connectivity index (χ3v) is 4.43. The van der Waals surface area contributed by atoms with Gasteiger partial charge in [0.1, 0.15) is 5.02 Å².